The molecule has 0 heterocycles. The number of aliphatic hydroxyl groups excluding tert-OH is 1. The van der Waals surface area contributed by atoms with E-state index in [4.69, 9.17) is 5.11 Å². The minimum Gasteiger partial charge on any atom is -0.396 e. The lowest BCUT2D eigenvalue weighted by molar-refractivity contribution is 0.145. The second-order valence-electron chi connectivity index (χ2n) is 4.27. The Morgan fingerprint density at radius 1 is 1.27 bits per heavy atom. The third-order valence-corrected chi connectivity index (χ3v) is 3.34. The predicted octanol–water partition coefficient (Wildman–Crippen LogP) is 2.30. The van der Waals surface area contributed by atoms with Gasteiger partial charge < -0.3 is 5.11 Å². The average Bonchev–Trinajstić information content (AvgIpc) is 2.30. The van der Waals surface area contributed by atoms with Crippen molar-refractivity contribution >= 4 is 0 Å². The second-order valence-corrected chi connectivity index (χ2v) is 4.27. The molecule has 1 fully saturated rings. The third kappa shape index (κ3) is 1.76. The zero-order valence-corrected chi connectivity index (χ0v) is 7.88. The smallest absolute Gasteiger partial charge is 0.0459 e. The highest BCUT2D eigenvalue weighted by Gasteiger charge is 2.33. The molecule has 0 aromatic rings. The molecular formula is C10H20O. The molecule has 1 aliphatic carbocycles. The van der Waals surface area contributed by atoms with Crippen molar-refractivity contribution < 1.29 is 5.11 Å². The van der Waals surface area contributed by atoms with Gasteiger partial charge in [0.1, 0.15) is 0 Å². The average molecular weight is 156 g/mol. The van der Waals surface area contributed by atoms with Gasteiger partial charge in [-0.05, 0) is 23.7 Å². The maximum absolute atomic E-state index is 9.03. The van der Waals surface area contributed by atoms with E-state index < -0.39 is 0 Å². The Balaban J connectivity index is 2.53. The van der Waals surface area contributed by atoms with Crippen LogP contribution in [0.1, 0.15) is 33.6 Å². The first kappa shape index (κ1) is 9.05. The molecule has 1 saturated carbocycles. The van der Waals surface area contributed by atoms with Crippen molar-refractivity contribution in [3.05, 3.63) is 0 Å². The Bertz CT molecular complexity index is 112. The van der Waals surface area contributed by atoms with Gasteiger partial charge >= 0.3 is 0 Å². The minimum atomic E-state index is 0.360. The summed E-state index contributed by atoms with van der Waals surface area (Å²) in [5, 5.41) is 9.03. The van der Waals surface area contributed by atoms with Crippen molar-refractivity contribution in [1.82, 2.24) is 0 Å². The van der Waals surface area contributed by atoms with Crippen molar-refractivity contribution in [1.29, 1.82) is 0 Å². The number of hydrogen-bond donors (Lipinski definition) is 1. The van der Waals surface area contributed by atoms with Gasteiger partial charge in [0.2, 0.25) is 0 Å². The van der Waals surface area contributed by atoms with Crippen molar-refractivity contribution in [2.24, 2.45) is 23.7 Å². The Hall–Kier alpha value is -0.0400. The molecule has 0 saturated heterocycles. The molecule has 1 aliphatic rings. The first-order valence-corrected chi connectivity index (χ1v) is 4.77. The first-order valence-electron chi connectivity index (χ1n) is 4.77. The third-order valence-electron chi connectivity index (χ3n) is 3.34. The largest absolute Gasteiger partial charge is 0.396 e. The summed E-state index contributed by atoms with van der Waals surface area (Å²) in [5.41, 5.74) is 0. The van der Waals surface area contributed by atoms with Crippen LogP contribution in [0.2, 0.25) is 0 Å². The molecule has 11 heavy (non-hydrogen) atoms. The number of hydrogen-bond acceptors (Lipinski definition) is 1. The summed E-state index contributed by atoms with van der Waals surface area (Å²) in [6, 6.07) is 0. The monoisotopic (exact) mass is 156 g/mol. The number of aliphatic hydroxyl groups is 1. The van der Waals surface area contributed by atoms with Gasteiger partial charge in [0.15, 0.2) is 0 Å². The zero-order chi connectivity index (χ0) is 8.43. The van der Waals surface area contributed by atoms with Gasteiger partial charge in [-0.3, -0.25) is 0 Å². The lowest BCUT2D eigenvalue weighted by Gasteiger charge is -2.25. The molecule has 1 nitrogen and oxygen atoms in total. The van der Waals surface area contributed by atoms with E-state index in [2.05, 4.69) is 20.8 Å². The SMILES string of the molecule is CC(CO)C1C(C)CCC1C. The van der Waals surface area contributed by atoms with Crippen LogP contribution in [0.15, 0.2) is 0 Å². The van der Waals surface area contributed by atoms with Crippen molar-refractivity contribution in [3.63, 3.8) is 0 Å². The van der Waals surface area contributed by atoms with Crippen LogP contribution >= 0.6 is 0 Å². The summed E-state index contributed by atoms with van der Waals surface area (Å²) < 4.78 is 0. The van der Waals surface area contributed by atoms with E-state index in [9.17, 15) is 0 Å². The Labute approximate surface area is 69.8 Å². The summed E-state index contributed by atoms with van der Waals surface area (Å²) in [7, 11) is 0. The normalized spacial score (nSPS) is 40.9. The molecular weight excluding hydrogens is 136 g/mol. The maximum atomic E-state index is 9.03. The van der Waals surface area contributed by atoms with Crippen LogP contribution in [0, 0.1) is 23.7 Å². The van der Waals surface area contributed by atoms with Gasteiger partial charge in [-0.2, -0.15) is 0 Å². The van der Waals surface area contributed by atoms with Gasteiger partial charge in [0, 0.05) is 6.61 Å². The molecule has 0 amide bonds. The van der Waals surface area contributed by atoms with Gasteiger partial charge in [-0.1, -0.05) is 33.6 Å². The van der Waals surface area contributed by atoms with E-state index in [1.165, 1.54) is 12.8 Å². The van der Waals surface area contributed by atoms with Crippen LogP contribution in [-0.4, -0.2) is 11.7 Å². The lowest BCUT2D eigenvalue weighted by atomic mass is 9.81. The van der Waals surface area contributed by atoms with E-state index in [0.29, 0.717) is 12.5 Å². The molecule has 66 valence electrons. The highest BCUT2D eigenvalue weighted by molar-refractivity contribution is 4.82. The molecule has 0 aromatic heterocycles. The summed E-state index contributed by atoms with van der Waals surface area (Å²) in [5.74, 6) is 2.92. The maximum Gasteiger partial charge on any atom is 0.0459 e. The molecule has 1 N–H and O–H groups in total. The molecule has 0 radical (unpaired) electrons. The van der Waals surface area contributed by atoms with Gasteiger partial charge in [-0.25, -0.2) is 0 Å². The van der Waals surface area contributed by atoms with Gasteiger partial charge in [0.05, 0.1) is 0 Å². The van der Waals surface area contributed by atoms with Crippen molar-refractivity contribution in [3.8, 4) is 0 Å². The topological polar surface area (TPSA) is 20.2 Å². The molecule has 0 aliphatic heterocycles. The van der Waals surface area contributed by atoms with E-state index in [-0.39, 0.29) is 0 Å². The fourth-order valence-electron chi connectivity index (χ4n) is 2.71. The molecule has 3 atom stereocenters. The quantitative estimate of drug-likeness (QED) is 0.650. The molecule has 3 unspecified atom stereocenters. The Morgan fingerprint density at radius 3 is 2.09 bits per heavy atom. The van der Waals surface area contributed by atoms with E-state index >= 15 is 0 Å². The first-order chi connectivity index (χ1) is 5.16. The summed E-state index contributed by atoms with van der Waals surface area (Å²) in [6.07, 6.45) is 2.71. The molecule has 1 rings (SSSR count). The lowest BCUT2D eigenvalue weighted by Crippen LogP contribution is -2.22. The standard InChI is InChI=1S/C10H20O/c1-7-4-5-8(2)10(7)9(3)6-11/h7-11H,4-6H2,1-3H3. The van der Waals surface area contributed by atoms with E-state index in [0.717, 1.165) is 17.8 Å². The van der Waals surface area contributed by atoms with Crippen LogP contribution in [0.25, 0.3) is 0 Å². The fraction of sp³-hybridized carbons (Fsp3) is 1.00. The highest BCUT2D eigenvalue weighted by Crippen LogP contribution is 2.40. The zero-order valence-electron chi connectivity index (χ0n) is 7.88. The van der Waals surface area contributed by atoms with Crippen LogP contribution < -0.4 is 0 Å². The highest BCUT2D eigenvalue weighted by atomic mass is 16.3. The Morgan fingerprint density at radius 2 is 1.73 bits per heavy atom. The van der Waals surface area contributed by atoms with Crippen LogP contribution in [-0.2, 0) is 0 Å². The van der Waals surface area contributed by atoms with Gasteiger partial charge in [-0.15, -0.1) is 0 Å². The molecule has 1 heteroatoms. The van der Waals surface area contributed by atoms with E-state index in [1.54, 1.807) is 0 Å². The second kappa shape index (κ2) is 3.57. The van der Waals surface area contributed by atoms with E-state index in [1.807, 2.05) is 0 Å². The summed E-state index contributed by atoms with van der Waals surface area (Å²) in [6.45, 7) is 7.17. The van der Waals surface area contributed by atoms with Crippen LogP contribution in [0.3, 0.4) is 0 Å². The van der Waals surface area contributed by atoms with Crippen LogP contribution in [0.4, 0.5) is 0 Å². The van der Waals surface area contributed by atoms with Crippen LogP contribution in [0.5, 0.6) is 0 Å². The predicted molar refractivity (Wildman–Crippen MR) is 47.3 cm³/mol. The molecule has 0 spiro atoms. The minimum absolute atomic E-state index is 0.360. The molecule has 0 bridgehead atoms. The van der Waals surface area contributed by atoms with Crippen molar-refractivity contribution in [2.75, 3.05) is 6.61 Å². The summed E-state index contributed by atoms with van der Waals surface area (Å²) in [4.78, 5) is 0. The summed E-state index contributed by atoms with van der Waals surface area (Å²) >= 11 is 0. The fourth-order valence-corrected chi connectivity index (χ4v) is 2.71. The molecule has 0 aromatic carbocycles. The number of rotatable bonds is 2. The Kier molecular flexibility index (Phi) is 2.94. The van der Waals surface area contributed by atoms with Gasteiger partial charge in [0.25, 0.3) is 0 Å². The van der Waals surface area contributed by atoms with Crippen molar-refractivity contribution in [2.45, 2.75) is 33.6 Å².